The fourth-order valence-corrected chi connectivity index (χ4v) is 6.01. The van der Waals surface area contributed by atoms with Gasteiger partial charge in [-0.3, -0.25) is 4.72 Å². The second kappa shape index (κ2) is 8.35. The molecular weight excluding hydrogens is 437 g/mol. The van der Waals surface area contributed by atoms with Crippen LogP contribution in [0.4, 0.5) is 15.2 Å². The van der Waals surface area contributed by atoms with E-state index in [1.807, 2.05) is 0 Å². The van der Waals surface area contributed by atoms with Gasteiger partial charge in [0.1, 0.15) is 10.7 Å². The number of likely N-dealkylation sites (tertiary alicyclic amines) is 1. The highest BCUT2D eigenvalue weighted by molar-refractivity contribution is 7.93. The maximum atomic E-state index is 14.5. The van der Waals surface area contributed by atoms with Crippen molar-refractivity contribution in [1.82, 2.24) is 9.88 Å². The lowest BCUT2D eigenvalue weighted by atomic mass is 10.2. The highest BCUT2D eigenvalue weighted by Gasteiger charge is 2.53. The number of unbranched alkanes of at least 4 members (excludes halogenated alkanes) is 1. The normalized spacial score (nSPS) is 23.8. The van der Waals surface area contributed by atoms with Gasteiger partial charge in [0.15, 0.2) is 5.13 Å². The molecule has 0 spiro atoms. The number of hydrogen-bond donors (Lipinski definition) is 3. The molecule has 2 heterocycles. The average Bonchev–Trinajstić information content (AvgIpc) is 3.08. The number of nitrogens with two attached hydrogens (primary N) is 1. The minimum absolute atomic E-state index is 0.152. The zero-order valence-corrected chi connectivity index (χ0v) is 18.0. The molecule has 2 aromatic rings. The Morgan fingerprint density at radius 3 is 2.76 bits per heavy atom. The van der Waals surface area contributed by atoms with E-state index in [1.165, 1.54) is 6.20 Å². The van der Waals surface area contributed by atoms with Crippen molar-refractivity contribution in [2.75, 3.05) is 36.2 Å². The number of thiazole rings is 1. The highest BCUT2D eigenvalue weighted by Crippen LogP contribution is 2.43. The van der Waals surface area contributed by atoms with Gasteiger partial charge in [-0.05, 0) is 43.4 Å². The van der Waals surface area contributed by atoms with Gasteiger partial charge in [-0.25, -0.2) is 17.8 Å². The van der Waals surface area contributed by atoms with Crippen molar-refractivity contribution in [3.63, 3.8) is 0 Å². The monoisotopic (exact) mass is 459 g/mol. The molecule has 1 aliphatic heterocycles. The molecule has 4 N–H and O–H groups in total. The van der Waals surface area contributed by atoms with Gasteiger partial charge < -0.3 is 16.0 Å². The summed E-state index contributed by atoms with van der Waals surface area (Å²) in [6.07, 6.45) is 3.38. The molecule has 2 atom stereocenters. The topological polar surface area (TPSA) is 100 Å². The van der Waals surface area contributed by atoms with Crippen LogP contribution in [0.1, 0.15) is 12.8 Å². The van der Waals surface area contributed by atoms with E-state index in [0.29, 0.717) is 30.1 Å². The molecule has 158 valence electrons. The maximum Gasteiger partial charge on any atom is 0.266 e. The zero-order chi connectivity index (χ0) is 20.6. The third kappa shape index (κ3) is 4.66. The molecule has 1 saturated heterocycles. The SMILES string of the molecule is NC1C2CN(CCCCNc3cc(F)c(S(=O)(=O)Nc4nccs4)cc3Cl)CC12. The first-order valence-corrected chi connectivity index (χ1v) is 12.2. The smallest absolute Gasteiger partial charge is 0.266 e. The molecule has 0 amide bonds. The standard InChI is InChI=1S/C18H23ClFN5O2S2/c19-13-7-16(29(26,27)24-18-23-4-6-28-18)14(20)8-15(13)22-3-1-2-5-25-9-11-12(10-25)17(11)21/h4,6-8,11-12,17,22H,1-3,5,9-10,21H2,(H,23,24). The second-order valence-electron chi connectivity index (χ2n) is 7.50. The van der Waals surface area contributed by atoms with Crippen molar-refractivity contribution in [3.05, 3.63) is 34.5 Å². The molecule has 1 saturated carbocycles. The molecule has 4 rings (SSSR count). The Kier molecular flexibility index (Phi) is 5.99. The van der Waals surface area contributed by atoms with E-state index < -0.39 is 20.7 Å². The number of hydrogen-bond acceptors (Lipinski definition) is 7. The minimum atomic E-state index is -4.10. The van der Waals surface area contributed by atoms with Gasteiger partial charge in [-0.15, -0.1) is 11.3 Å². The quantitative estimate of drug-likeness (QED) is 0.498. The van der Waals surface area contributed by atoms with E-state index in [1.54, 1.807) is 5.38 Å². The average molecular weight is 460 g/mol. The van der Waals surface area contributed by atoms with Crippen molar-refractivity contribution in [2.24, 2.45) is 17.6 Å². The molecular formula is C18H23ClFN5O2S2. The second-order valence-corrected chi connectivity index (χ2v) is 10.5. The number of rotatable bonds is 9. The Balaban J connectivity index is 1.28. The summed E-state index contributed by atoms with van der Waals surface area (Å²) >= 11 is 7.29. The molecule has 0 radical (unpaired) electrons. The zero-order valence-electron chi connectivity index (χ0n) is 15.6. The van der Waals surface area contributed by atoms with Crippen molar-refractivity contribution in [3.8, 4) is 0 Å². The Morgan fingerprint density at radius 2 is 2.07 bits per heavy atom. The van der Waals surface area contributed by atoms with Crippen LogP contribution in [0.3, 0.4) is 0 Å². The molecule has 0 bridgehead atoms. The Bertz CT molecular complexity index is 961. The lowest BCUT2D eigenvalue weighted by Crippen LogP contribution is -2.29. The van der Waals surface area contributed by atoms with Gasteiger partial charge in [0.25, 0.3) is 10.0 Å². The first-order chi connectivity index (χ1) is 13.8. The summed E-state index contributed by atoms with van der Waals surface area (Å²) in [5.41, 5.74) is 6.33. The van der Waals surface area contributed by atoms with Gasteiger partial charge in [-0.1, -0.05) is 11.6 Å². The fraction of sp³-hybridized carbons (Fsp3) is 0.500. The van der Waals surface area contributed by atoms with Crippen LogP contribution in [0, 0.1) is 17.7 Å². The van der Waals surface area contributed by atoms with E-state index in [0.717, 1.165) is 55.9 Å². The molecule has 7 nitrogen and oxygen atoms in total. The van der Waals surface area contributed by atoms with Crippen LogP contribution in [-0.2, 0) is 10.0 Å². The number of sulfonamides is 1. The van der Waals surface area contributed by atoms with Crippen LogP contribution in [0.25, 0.3) is 0 Å². The summed E-state index contributed by atoms with van der Waals surface area (Å²) in [5.74, 6) is 0.512. The third-order valence-electron chi connectivity index (χ3n) is 5.52. The lowest BCUT2D eigenvalue weighted by molar-refractivity contribution is 0.292. The molecule has 1 aromatic carbocycles. The Labute approximate surface area is 178 Å². The van der Waals surface area contributed by atoms with Crippen molar-refractivity contribution in [2.45, 2.75) is 23.8 Å². The van der Waals surface area contributed by atoms with Gasteiger partial charge in [0, 0.05) is 37.3 Å². The predicted octanol–water partition coefficient (Wildman–Crippen LogP) is 2.82. The van der Waals surface area contributed by atoms with E-state index in [2.05, 4.69) is 19.9 Å². The summed E-state index contributed by atoms with van der Waals surface area (Å²) in [6.45, 7) is 3.86. The summed E-state index contributed by atoms with van der Waals surface area (Å²) < 4.78 is 41.5. The number of nitrogens with zero attached hydrogens (tertiary/aromatic N) is 2. The third-order valence-corrected chi connectivity index (χ3v) is 8.00. The van der Waals surface area contributed by atoms with Crippen LogP contribution in [0.2, 0.25) is 5.02 Å². The summed E-state index contributed by atoms with van der Waals surface area (Å²) in [6, 6.07) is 2.65. The van der Waals surface area contributed by atoms with Gasteiger partial charge in [0.2, 0.25) is 0 Å². The van der Waals surface area contributed by atoms with Crippen LogP contribution in [0.5, 0.6) is 0 Å². The van der Waals surface area contributed by atoms with Gasteiger partial charge in [-0.2, -0.15) is 0 Å². The number of fused-ring (bicyclic) bond motifs is 1. The summed E-state index contributed by atoms with van der Waals surface area (Å²) in [4.78, 5) is 5.78. The first kappa shape index (κ1) is 20.8. The molecule has 1 aromatic heterocycles. The fourth-order valence-electron chi connectivity index (χ4n) is 3.84. The predicted molar refractivity (Wildman–Crippen MR) is 113 cm³/mol. The molecule has 29 heavy (non-hydrogen) atoms. The molecule has 2 fully saturated rings. The Morgan fingerprint density at radius 1 is 1.31 bits per heavy atom. The van der Waals surface area contributed by atoms with E-state index in [-0.39, 0.29) is 10.2 Å². The number of aromatic nitrogens is 1. The summed E-state index contributed by atoms with van der Waals surface area (Å²) in [7, 11) is -4.10. The number of piperidine rings is 1. The molecule has 1 aliphatic carbocycles. The van der Waals surface area contributed by atoms with Crippen LogP contribution in [0.15, 0.2) is 28.6 Å². The van der Waals surface area contributed by atoms with Crippen LogP contribution >= 0.6 is 22.9 Å². The van der Waals surface area contributed by atoms with Crippen LogP contribution < -0.4 is 15.8 Å². The summed E-state index contributed by atoms with van der Waals surface area (Å²) in [5, 5.41) is 5.03. The van der Waals surface area contributed by atoms with Crippen molar-refractivity contribution >= 4 is 43.8 Å². The molecule has 2 aliphatic rings. The number of nitrogens with one attached hydrogen (secondary N) is 2. The van der Waals surface area contributed by atoms with Gasteiger partial charge >= 0.3 is 0 Å². The first-order valence-electron chi connectivity index (χ1n) is 9.48. The van der Waals surface area contributed by atoms with Crippen molar-refractivity contribution < 1.29 is 12.8 Å². The van der Waals surface area contributed by atoms with E-state index in [9.17, 15) is 12.8 Å². The van der Waals surface area contributed by atoms with Crippen molar-refractivity contribution in [1.29, 1.82) is 0 Å². The highest BCUT2D eigenvalue weighted by atomic mass is 35.5. The van der Waals surface area contributed by atoms with E-state index in [4.69, 9.17) is 17.3 Å². The van der Waals surface area contributed by atoms with E-state index >= 15 is 0 Å². The number of halogens is 2. The lowest BCUT2D eigenvalue weighted by Gasteiger charge is -2.18. The number of benzene rings is 1. The largest absolute Gasteiger partial charge is 0.384 e. The molecule has 11 heteroatoms. The van der Waals surface area contributed by atoms with Gasteiger partial charge in [0.05, 0.1) is 10.7 Å². The van der Waals surface area contributed by atoms with Crippen LogP contribution in [-0.4, -0.2) is 50.5 Å². The minimum Gasteiger partial charge on any atom is -0.384 e. The molecule has 2 unspecified atom stereocenters. The Hall–Kier alpha value is -1.46. The maximum absolute atomic E-state index is 14.5. The number of anilines is 2.